The van der Waals surface area contributed by atoms with Crippen LogP contribution >= 0.6 is 0 Å². The van der Waals surface area contributed by atoms with Crippen molar-refractivity contribution in [1.82, 2.24) is 9.29 Å². The van der Waals surface area contributed by atoms with Gasteiger partial charge in [-0.05, 0) is 18.6 Å². The highest BCUT2D eigenvalue weighted by molar-refractivity contribution is 7.89. The number of sulfonamides is 1. The van der Waals surface area contributed by atoms with Crippen molar-refractivity contribution in [3.63, 3.8) is 0 Å². The fourth-order valence-corrected chi connectivity index (χ4v) is 3.16. The molecule has 3 N–H and O–H groups in total. The average Bonchev–Trinajstić information content (AvgIpc) is 2.39. The lowest BCUT2D eigenvalue weighted by atomic mass is 10.3. The summed E-state index contributed by atoms with van der Waals surface area (Å²) in [4.78, 5) is 3.93. The Labute approximate surface area is 108 Å². The van der Waals surface area contributed by atoms with Gasteiger partial charge in [0.05, 0.1) is 5.69 Å². The van der Waals surface area contributed by atoms with E-state index in [4.69, 9.17) is 5.84 Å². The Kier molecular flexibility index (Phi) is 5.52. The van der Waals surface area contributed by atoms with E-state index in [2.05, 4.69) is 10.4 Å². The van der Waals surface area contributed by atoms with Crippen LogP contribution in [0.1, 0.15) is 26.7 Å². The topological polar surface area (TPSA) is 88.3 Å². The van der Waals surface area contributed by atoms with Gasteiger partial charge in [-0.1, -0.05) is 20.3 Å². The summed E-state index contributed by atoms with van der Waals surface area (Å²) in [5.41, 5.74) is 2.68. The molecule has 0 aromatic carbocycles. The Morgan fingerprint density at radius 1 is 1.44 bits per heavy atom. The molecule has 102 valence electrons. The van der Waals surface area contributed by atoms with Crippen LogP contribution in [-0.4, -0.2) is 30.8 Å². The molecule has 1 aromatic rings. The molecule has 0 saturated carbocycles. The Morgan fingerprint density at radius 2 is 2.17 bits per heavy atom. The smallest absolute Gasteiger partial charge is 0.262 e. The third-order valence-corrected chi connectivity index (χ3v) is 4.56. The predicted molar refractivity (Wildman–Crippen MR) is 71.4 cm³/mol. The van der Waals surface area contributed by atoms with Crippen molar-refractivity contribution >= 4 is 15.7 Å². The molecule has 0 atom stereocenters. The summed E-state index contributed by atoms with van der Waals surface area (Å²) < 4.78 is 26.3. The lowest BCUT2D eigenvalue weighted by Crippen LogP contribution is -2.33. The number of hydrogen-bond acceptors (Lipinski definition) is 5. The summed E-state index contributed by atoms with van der Waals surface area (Å²) in [5, 5.41) is -0.0227. The predicted octanol–water partition coefficient (Wildman–Crippen LogP) is 1.18. The van der Waals surface area contributed by atoms with Crippen molar-refractivity contribution in [2.24, 2.45) is 5.84 Å². The standard InChI is InChI=1S/C11H20N4O2S/c1-3-5-9-15(4-2)18(16,17)11-10(14-12)7-6-8-13-11/h6-8,14H,3-5,9,12H2,1-2H3. The SMILES string of the molecule is CCCCN(CC)S(=O)(=O)c1ncccc1NN. The van der Waals surface area contributed by atoms with Gasteiger partial charge in [-0.2, -0.15) is 4.31 Å². The molecule has 1 heterocycles. The average molecular weight is 272 g/mol. The van der Waals surface area contributed by atoms with Crippen LogP contribution in [0.5, 0.6) is 0 Å². The number of pyridine rings is 1. The number of aromatic nitrogens is 1. The van der Waals surface area contributed by atoms with Crippen molar-refractivity contribution in [3.8, 4) is 0 Å². The second kappa shape index (κ2) is 6.67. The van der Waals surface area contributed by atoms with Crippen LogP contribution in [0, 0.1) is 0 Å². The Balaban J connectivity index is 3.10. The summed E-state index contributed by atoms with van der Waals surface area (Å²) in [6, 6.07) is 3.23. The van der Waals surface area contributed by atoms with Crippen molar-refractivity contribution in [2.45, 2.75) is 31.7 Å². The minimum atomic E-state index is -3.59. The molecule has 0 unspecified atom stereocenters. The van der Waals surface area contributed by atoms with Gasteiger partial charge in [0.1, 0.15) is 0 Å². The van der Waals surface area contributed by atoms with Gasteiger partial charge >= 0.3 is 0 Å². The van der Waals surface area contributed by atoms with Crippen LogP contribution in [0.25, 0.3) is 0 Å². The minimum Gasteiger partial charge on any atom is -0.321 e. The van der Waals surface area contributed by atoms with E-state index in [9.17, 15) is 8.42 Å². The van der Waals surface area contributed by atoms with Gasteiger partial charge < -0.3 is 5.43 Å². The normalized spacial score (nSPS) is 11.8. The Bertz CT molecular complexity index is 476. The van der Waals surface area contributed by atoms with Crippen LogP contribution in [0.15, 0.2) is 23.4 Å². The van der Waals surface area contributed by atoms with Gasteiger partial charge in [-0.25, -0.2) is 13.4 Å². The molecule has 0 saturated heterocycles. The molecule has 1 rings (SSSR count). The number of rotatable bonds is 7. The molecule has 0 aliphatic heterocycles. The number of nitrogens with zero attached hydrogens (tertiary/aromatic N) is 2. The molecule has 0 amide bonds. The summed E-state index contributed by atoms with van der Waals surface area (Å²) >= 11 is 0. The number of nitrogens with one attached hydrogen (secondary N) is 1. The zero-order valence-electron chi connectivity index (χ0n) is 10.8. The fourth-order valence-electron chi connectivity index (χ4n) is 1.61. The van der Waals surface area contributed by atoms with Gasteiger partial charge in [-0.15, -0.1) is 0 Å². The monoisotopic (exact) mass is 272 g/mol. The third-order valence-electron chi connectivity index (χ3n) is 2.62. The van der Waals surface area contributed by atoms with Crippen molar-refractivity contribution in [1.29, 1.82) is 0 Å². The van der Waals surface area contributed by atoms with Crippen LogP contribution in [0.4, 0.5) is 5.69 Å². The number of unbranched alkanes of at least 4 members (excludes halogenated alkanes) is 1. The molecule has 18 heavy (non-hydrogen) atoms. The lowest BCUT2D eigenvalue weighted by molar-refractivity contribution is 0.417. The molecule has 0 aliphatic carbocycles. The minimum absolute atomic E-state index is 0.0227. The fraction of sp³-hybridized carbons (Fsp3) is 0.545. The van der Waals surface area contributed by atoms with Crippen molar-refractivity contribution < 1.29 is 8.42 Å². The van der Waals surface area contributed by atoms with E-state index in [1.54, 1.807) is 12.1 Å². The number of hydrazine groups is 1. The van der Waals surface area contributed by atoms with Crippen LogP contribution in [0.3, 0.4) is 0 Å². The molecule has 0 fully saturated rings. The van der Waals surface area contributed by atoms with Gasteiger partial charge in [0.2, 0.25) is 0 Å². The number of nitrogens with two attached hydrogens (primary N) is 1. The third kappa shape index (κ3) is 3.18. The quantitative estimate of drug-likeness (QED) is 0.575. The lowest BCUT2D eigenvalue weighted by Gasteiger charge is -2.20. The molecular formula is C11H20N4O2S. The molecule has 0 spiro atoms. The summed E-state index contributed by atoms with van der Waals surface area (Å²) in [6.07, 6.45) is 3.21. The molecular weight excluding hydrogens is 252 g/mol. The first kappa shape index (κ1) is 14.9. The van der Waals surface area contributed by atoms with E-state index in [0.29, 0.717) is 18.8 Å². The van der Waals surface area contributed by atoms with E-state index < -0.39 is 10.0 Å². The highest BCUT2D eigenvalue weighted by Crippen LogP contribution is 2.21. The summed E-state index contributed by atoms with van der Waals surface area (Å²) in [5.74, 6) is 5.32. The van der Waals surface area contributed by atoms with Crippen LogP contribution in [0.2, 0.25) is 0 Å². The maximum atomic E-state index is 12.4. The number of nitrogen functional groups attached to an aromatic ring is 1. The van der Waals surface area contributed by atoms with Gasteiger partial charge in [0.25, 0.3) is 10.0 Å². The van der Waals surface area contributed by atoms with E-state index in [-0.39, 0.29) is 5.03 Å². The molecule has 1 aromatic heterocycles. The van der Waals surface area contributed by atoms with Gasteiger partial charge in [-0.3, -0.25) is 5.84 Å². The number of hydrogen-bond donors (Lipinski definition) is 2. The van der Waals surface area contributed by atoms with Crippen LogP contribution < -0.4 is 11.3 Å². The zero-order chi connectivity index (χ0) is 13.6. The zero-order valence-corrected chi connectivity index (χ0v) is 11.6. The van der Waals surface area contributed by atoms with E-state index >= 15 is 0 Å². The first-order valence-electron chi connectivity index (χ1n) is 5.99. The first-order valence-corrected chi connectivity index (χ1v) is 7.43. The van der Waals surface area contributed by atoms with E-state index in [0.717, 1.165) is 12.8 Å². The first-order chi connectivity index (χ1) is 8.57. The molecule has 0 radical (unpaired) electrons. The Morgan fingerprint density at radius 3 is 2.72 bits per heavy atom. The highest BCUT2D eigenvalue weighted by atomic mass is 32.2. The molecule has 7 heteroatoms. The molecule has 6 nitrogen and oxygen atoms in total. The van der Waals surface area contributed by atoms with Crippen molar-refractivity contribution in [2.75, 3.05) is 18.5 Å². The van der Waals surface area contributed by atoms with Gasteiger partial charge in [0, 0.05) is 19.3 Å². The van der Waals surface area contributed by atoms with Crippen molar-refractivity contribution in [3.05, 3.63) is 18.3 Å². The second-order valence-electron chi connectivity index (χ2n) is 3.85. The molecule has 0 aliphatic rings. The van der Waals surface area contributed by atoms with E-state index in [1.165, 1.54) is 10.5 Å². The number of anilines is 1. The maximum Gasteiger partial charge on any atom is 0.262 e. The van der Waals surface area contributed by atoms with E-state index in [1.807, 2.05) is 13.8 Å². The Hall–Kier alpha value is -1.18. The summed E-state index contributed by atoms with van der Waals surface area (Å²) in [6.45, 7) is 4.75. The summed E-state index contributed by atoms with van der Waals surface area (Å²) in [7, 11) is -3.59. The largest absolute Gasteiger partial charge is 0.321 e. The maximum absolute atomic E-state index is 12.4. The van der Waals surface area contributed by atoms with Gasteiger partial charge in [0.15, 0.2) is 5.03 Å². The van der Waals surface area contributed by atoms with Crippen LogP contribution in [-0.2, 0) is 10.0 Å². The highest BCUT2D eigenvalue weighted by Gasteiger charge is 2.26. The second-order valence-corrected chi connectivity index (χ2v) is 5.70. The molecule has 0 bridgehead atoms.